The lowest BCUT2D eigenvalue weighted by atomic mass is 10.00. The lowest BCUT2D eigenvalue weighted by Gasteiger charge is -2.18. The van der Waals surface area contributed by atoms with E-state index in [2.05, 4.69) is 30.4 Å². The number of rotatable bonds is 3. The molecule has 0 spiro atoms. The molecule has 0 fully saturated rings. The van der Waals surface area contributed by atoms with E-state index in [1.165, 1.54) is 11.1 Å². The standard InChI is InChI=1S/C17H21NO2/c1-12-5-3-6-15-16(7-4-10-19-17(12)15)18-11-14-9-8-13(2)20-14/h3,5-6,8-9,16,18H,4,7,10-11H2,1-2H3. The Morgan fingerprint density at radius 1 is 1.20 bits per heavy atom. The van der Waals surface area contributed by atoms with E-state index in [0.717, 1.165) is 43.3 Å². The molecular formula is C17H21NO2. The number of fused-ring (bicyclic) bond motifs is 1. The minimum atomic E-state index is 0.331. The molecule has 1 atom stereocenters. The van der Waals surface area contributed by atoms with Crippen molar-refractivity contribution >= 4 is 0 Å². The molecule has 3 rings (SSSR count). The van der Waals surface area contributed by atoms with Crippen LogP contribution in [0.1, 0.15) is 41.5 Å². The maximum absolute atomic E-state index is 5.90. The molecule has 3 heteroatoms. The number of furan rings is 1. The van der Waals surface area contributed by atoms with Gasteiger partial charge >= 0.3 is 0 Å². The van der Waals surface area contributed by atoms with Crippen LogP contribution < -0.4 is 10.1 Å². The van der Waals surface area contributed by atoms with E-state index in [1.54, 1.807) is 0 Å². The summed E-state index contributed by atoms with van der Waals surface area (Å²) in [5.41, 5.74) is 2.48. The second-order valence-electron chi connectivity index (χ2n) is 5.43. The highest BCUT2D eigenvalue weighted by atomic mass is 16.5. The molecule has 2 heterocycles. The largest absolute Gasteiger partial charge is 0.493 e. The van der Waals surface area contributed by atoms with E-state index in [1.807, 2.05) is 19.1 Å². The second-order valence-corrected chi connectivity index (χ2v) is 5.43. The molecule has 0 radical (unpaired) electrons. The topological polar surface area (TPSA) is 34.4 Å². The SMILES string of the molecule is Cc1ccc(CNC2CCCOc3c(C)cccc32)o1. The molecule has 1 N–H and O–H groups in total. The number of para-hydroxylation sites is 1. The van der Waals surface area contributed by atoms with Crippen molar-refractivity contribution in [3.8, 4) is 5.75 Å². The highest BCUT2D eigenvalue weighted by molar-refractivity contribution is 5.43. The van der Waals surface area contributed by atoms with Gasteiger partial charge in [0.05, 0.1) is 13.2 Å². The molecule has 0 aliphatic carbocycles. The van der Waals surface area contributed by atoms with E-state index in [-0.39, 0.29) is 0 Å². The molecule has 106 valence electrons. The van der Waals surface area contributed by atoms with Gasteiger partial charge in [-0.2, -0.15) is 0 Å². The lowest BCUT2D eigenvalue weighted by Crippen LogP contribution is -2.20. The molecular weight excluding hydrogens is 250 g/mol. The maximum atomic E-state index is 5.90. The highest BCUT2D eigenvalue weighted by Gasteiger charge is 2.20. The van der Waals surface area contributed by atoms with Crippen LogP contribution in [-0.2, 0) is 6.54 Å². The van der Waals surface area contributed by atoms with Gasteiger partial charge in [-0.25, -0.2) is 0 Å². The third-order valence-electron chi connectivity index (χ3n) is 3.82. The van der Waals surface area contributed by atoms with Crippen molar-refractivity contribution in [2.75, 3.05) is 6.61 Å². The first-order valence-electron chi connectivity index (χ1n) is 7.25. The first-order chi connectivity index (χ1) is 9.74. The number of nitrogens with one attached hydrogen (secondary N) is 1. The molecule has 1 unspecified atom stereocenters. The van der Waals surface area contributed by atoms with Crippen molar-refractivity contribution in [2.45, 2.75) is 39.3 Å². The van der Waals surface area contributed by atoms with Crippen LogP contribution in [0.3, 0.4) is 0 Å². The highest BCUT2D eigenvalue weighted by Crippen LogP contribution is 2.34. The fraction of sp³-hybridized carbons (Fsp3) is 0.412. The van der Waals surface area contributed by atoms with Gasteiger partial charge in [-0.1, -0.05) is 18.2 Å². The van der Waals surface area contributed by atoms with Gasteiger partial charge in [0.2, 0.25) is 0 Å². The van der Waals surface area contributed by atoms with Crippen molar-refractivity contribution in [1.29, 1.82) is 0 Å². The summed E-state index contributed by atoms with van der Waals surface area (Å²) in [6.45, 7) is 5.64. The summed E-state index contributed by atoms with van der Waals surface area (Å²) in [6.07, 6.45) is 2.17. The second kappa shape index (κ2) is 5.71. The van der Waals surface area contributed by atoms with Crippen LogP contribution in [0.25, 0.3) is 0 Å². The van der Waals surface area contributed by atoms with E-state index < -0.39 is 0 Å². The third kappa shape index (κ3) is 2.73. The van der Waals surface area contributed by atoms with Gasteiger partial charge in [0, 0.05) is 11.6 Å². The molecule has 2 aromatic rings. The van der Waals surface area contributed by atoms with Crippen LogP contribution in [0, 0.1) is 13.8 Å². The van der Waals surface area contributed by atoms with E-state index >= 15 is 0 Å². The fourth-order valence-corrected chi connectivity index (χ4v) is 2.78. The average molecular weight is 271 g/mol. The number of ether oxygens (including phenoxy) is 1. The normalized spacial score (nSPS) is 18.2. The van der Waals surface area contributed by atoms with E-state index in [9.17, 15) is 0 Å². The Hall–Kier alpha value is -1.74. The zero-order valence-electron chi connectivity index (χ0n) is 12.1. The smallest absolute Gasteiger partial charge is 0.126 e. The van der Waals surface area contributed by atoms with Crippen molar-refractivity contribution in [1.82, 2.24) is 5.32 Å². The minimum absolute atomic E-state index is 0.331. The van der Waals surface area contributed by atoms with Crippen LogP contribution >= 0.6 is 0 Å². The van der Waals surface area contributed by atoms with E-state index in [4.69, 9.17) is 9.15 Å². The van der Waals surface area contributed by atoms with Crippen molar-refractivity contribution in [3.05, 3.63) is 53.0 Å². The quantitative estimate of drug-likeness (QED) is 0.919. The molecule has 0 bridgehead atoms. The van der Waals surface area contributed by atoms with Gasteiger partial charge in [0.15, 0.2) is 0 Å². The third-order valence-corrected chi connectivity index (χ3v) is 3.82. The fourth-order valence-electron chi connectivity index (χ4n) is 2.78. The number of hydrogen-bond acceptors (Lipinski definition) is 3. The summed E-state index contributed by atoms with van der Waals surface area (Å²) in [5.74, 6) is 3.00. The lowest BCUT2D eigenvalue weighted by molar-refractivity contribution is 0.313. The Morgan fingerprint density at radius 2 is 2.10 bits per heavy atom. The van der Waals surface area contributed by atoms with Gasteiger partial charge in [0.1, 0.15) is 17.3 Å². The molecule has 3 nitrogen and oxygen atoms in total. The zero-order chi connectivity index (χ0) is 13.9. The van der Waals surface area contributed by atoms with E-state index in [0.29, 0.717) is 6.04 Å². The summed E-state index contributed by atoms with van der Waals surface area (Å²) >= 11 is 0. The van der Waals surface area contributed by atoms with Gasteiger partial charge in [-0.3, -0.25) is 0 Å². The Labute approximate surface area is 119 Å². The molecule has 1 aliphatic rings. The monoisotopic (exact) mass is 271 g/mol. The Bertz CT molecular complexity index is 588. The maximum Gasteiger partial charge on any atom is 0.126 e. The number of aryl methyl sites for hydroxylation is 2. The van der Waals surface area contributed by atoms with Crippen LogP contribution in [0.15, 0.2) is 34.7 Å². The molecule has 0 saturated carbocycles. The average Bonchev–Trinajstić information content (AvgIpc) is 2.73. The van der Waals surface area contributed by atoms with Crippen molar-refractivity contribution in [3.63, 3.8) is 0 Å². The number of benzene rings is 1. The van der Waals surface area contributed by atoms with Crippen molar-refractivity contribution in [2.24, 2.45) is 0 Å². The van der Waals surface area contributed by atoms with Crippen molar-refractivity contribution < 1.29 is 9.15 Å². The molecule has 0 saturated heterocycles. The van der Waals surface area contributed by atoms with Crippen LogP contribution in [0.4, 0.5) is 0 Å². The molecule has 20 heavy (non-hydrogen) atoms. The van der Waals surface area contributed by atoms with Gasteiger partial charge in [-0.05, 0) is 44.4 Å². The first kappa shape index (κ1) is 13.3. The van der Waals surface area contributed by atoms with Gasteiger partial charge in [-0.15, -0.1) is 0 Å². The molecule has 1 aliphatic heterocycles. The summed E-state index contributed by atoms with van der Waals surface area (Å²) < 4.78 is 11.5. The zero-order valence-corrected chi connectivity index (χ0v) is 12.1. The first-order valence-corrected chi connectivity index (χ1v) is 7.25. The number of hydrogen-bond donors (Lipinski definition) is 1. The van der Waals surface area contributed by atoms with Crippen LogP contribution in [0.5, 0.6) is 5.75 Å². The molecule has 1 aromatic carbocycles. The summed E-state index contributed by atoms with van der Waals surface area (Å²) in [5, 5.41) is 3.60. The minimum Gasteiger partial charge on any atom is -0.493 e. The summed E-state index contributed by atoms with van der Waals surface area (Å²) in [7, 11) is 0. The molecule has 1 aromatic heterocycles. The van der Waals surface area contributed by atoms with Gasteiger partial charge in [0.25, 0.3) is 0 Å². The predicted molar refractivity (Wildman–Crippen MR) is 78.9 cm³/mol. The molecule has 0 amide bonds. The summed E-state index contributed by atoms with van der Waals surface area (Å²) in [6, 6.07) is 10.8. The Balaban J connectivity index is 1.78. The summed E-state index contributed by atoms with van der Waals surface area (Å²) in [4.78, 5) is 0. The van der Waals surface area contributed by atoms with Gasteiger partial charge < -0.3 is 14.5 Å². The Morgan fingerprint density at radius 3 is 2.90 bits per heavy atom. The predicted octanol–water partition coefficient (Wildman–Crippen LogP) is 3.90. The van der Waals surface area contributed by atoms with Crippen LogP contribution in [0.2, 0.25) is 0 Å². The Kier molecular flexibility index (Phi) is 3.79. The van der Waals surface area contributed by atoms with Crippen LogP contribution in [-0.4, -0.2) is 6.61 Å².